The summed E-state index contributed by atoms with van der Waals surface area (Å²) in [5, 5.41) is 5.70. The van der Waals surface area contributed by atoms with E-state index in [0.717, 1.165) is 12.8 Å². The molecule has 0 saturated heterocycles. The summed E-state index contributed by atoms with van der Waals surface area (Å²) < 4.78 is 0. The Kier molecular flexibility index (Phi) is 5.59. The van der Waals surface area contributed by atoms with Crippen molar-refractivity contribution in [1.29, 1.82) is 0 Å². The second-order valence-electron chi connectivity index (χ2n) is 4.41. The molecule has 1 rings (SSSR count). The lowest BCUT2D eigenvalue weighted by Gasteiger charge is -2.25. The maximum atomic E-state index is 5.55. The van der Waals surface area contributed by atoms with Crippen LogP contribution in [0.3, 0.4) is 0 Å². The summed E-state index contributed by atoms with van der Waals surface area (Å²) in [4.78, 5) is 1.38. The first-order valence-corrected chi connectivity index (χ1v) is 6.82. The van der Waals surface area contributed by atoms with Gasteiger partial charge in [0.15, 0.2) is 0 Å². The smallest absolute Gasteiger partial charge is 0.0691 e. The van der Waals surface area contributed by atoms with Gasteiger partial charge in [-0.2, -0.15) is 0 Å². The van der Waals surface area contributed by atoms with Crippen molar-refractivity contribution < 1.29 is 0 Å². The van der Waals surface area contributed by atoms with Gasteiger partial charge < -0.3 is 0 Å². The van der Waals surface area contributed by atoms with Crippen LogP contribution in [-0.4, -0.2) is 6.04 Å². The van der Waals surface area contributed by atoms with Crippen LogP contribution in [0.5, 0.6) is 0 Å². The Morgan fingerprint density at radius 1 is 1.50 bits per heavy atom. The zero-order valence-electron chi connectivity index (χ0n) is 10.4. The maximum absolute atomic E-state index is 5.55. The van der Waals surface area contributed by atoms with E-state index in [9.17, 15) is 0 Å². The minimum atomic E-state index is 0.194. The van der Waals surface area contributed by atoms with Crippen LogP contribution < -0.4 is 5.32 Å². The van der Waals surface area contributed by atoms with E-state index in [2.05, 4.69) is 49.5 Å². The SMILES string of the molecule is C#CC(CCC)NC(c1cccs1)C(C)C. The van der Waals surface area contributed by atoms with E-state index >= 15 is 0 Å². The molecule has 0 fully saturated rings. The molecule has 0 aromatic carbocycles. The van der Waals surface area contributed by atoms with E-state index in [1.807, 2.05) is 0 Å². The highest BCUT2D eigenvalue weighted by Gasteiger charge is 2.19. The average molecular weight is 235 g/mol. The molecule has 1 aromatic heterocycles. The monoisotopic (exact) mass is 235 g/mol. The van der Waals surface area contributed by atoms with E-state index in [4.69, 9.17) is 6.42 Å². The van der Waals surface area contributed by atoms with Crippen LogP contribution >= 0.6 is 11.3 Å². The summed E-state index contributed by atoms with van der Waals surface area (Å²) in [5.74, 6) is 3.41. The molecule has 0 bridgehead atoms. The number of nitrogens with one attached hydrogen (secondary N) is 1. The quantitative estimate of drug-likeness (QED) is 0.739. The third-order valence-electron chi connectivity index (χ3n) is 2.68. The zero-order valence-corrected chi connectivity index (χ0v) is 11.2. The molecule has 0 radical (unpaired) electrons. The van der Waals surface area contributed by atoms with Crippen molar-refractivity contribution >= 4 is 11.3 Å². The van der Waals surface area contributed by atoms with Gasteiger partial charge in [0.25, 0.3) is 0 Å². The second kappa shape index (κ2) is 6.73. The van der Waals surface area contributed by atoms with E-state index in [0.29, 0.717) is 12.0 Å². The van der Waals surface area contributed by atoms with Gasteiger partial charge in [-0.05, 0) is 23.8 Å². The van der Waals surface area contributed by atoms with Gasteiger partial charge in [0, 0.05) is 10.9 Å². The third kappa shape index (κ3) is 3.66. The molecule has 1 N–H and O–H groups in total. The highest BCUT2D eigenvalue weighted by molar-refractivity contribution is 7.10. The molecule has 0 aliphatic heterocycles. The predicted octanol–water partition coefficient (Wildman–Crippen LogP) is 3.84. The summed E-state index contributed by atoms with van der Waals surface area (Å²) in [6.45, 7) is 6.63. The summed E-state index contributed by atoms with van der Waals surface area (Å²) in [5.41, 5.74) is 0. The van der Waals surface area contributed by atoms with E-state index in [-0.39, 0.29) is 6.04 Å². The Labute approximate surface area is 103 Å². The van der Waals surface area contributed by atoms with E-state index in [1.54, 1.807) is 11.3 Å². The first kappa shape index (κ1) is 13.3. The average Bonchev–Trinajstić information content (AvgIpc) is 2.76. The Hall–Kier alpha value is -0.780. The van der Waals surface area contributed by atoms with Gasteiger partial charge in [0.2, 0.25) is 0 Å². The number of hydrogen-bond acceptors (Lipinski definition) is 2. The fraction of sp³-hybridized carbons (Fsp3) is 0.571. The van der Waals surface area contributed by atoms with Gasteiger partial charge in [-0.15, -0.1) is 17.8 Å². The van der Waals surface area contributed by atoms with Gasteiger partial charge in [-0.25, -0.2) is 0 Å². The fourth-order valence-corrected chi connectivity index (χ4v) is 2.75. The predicted molar refractivity (Wildman–Crippen MR) is 72.6 cm³/mol. The summed E-state index contributed by atoms with van der Waals surface area (Å²) >= 11 is 1.80. The van der Waals surface area contributed by atoms with Crippen LogP contribution in [0, 0.1) is 18.3 Å². The fourth-order valence-electron chi connectivity index (χ4n) is 1.79. The first-order chi connectivity index (χ1) is 7.69. The Bertz CT molecular complexity index is 321. The van der Waals surface area contributed by atoms with Gasteiger partial charge in [0.1, 0.15) is 0 Å². The van der Waals surface area contributed by atoms with Crippen molar-refractivity contribution in [2.45, 2.75) is 45.7 Å². The summed E-state index contributed by atoms with van der Waals surface area (Å²) in [6.07, 6.45) is 7.72. The molecule has 2 atom stereocenters. The van der Waals surface area contributed by atoms with Crippen LogP contribution in [0.2, 0.25) is 0 Å². The largest absolute Gasteiger partial charge is 0.296 e. The molecular formula is C14H21NS. The zero-order chi connectivity index (χ0) is 12.0. The maximum Gasteiger partial charge on any atom is 0.0691 e. The molecule has 88 valence electrons. The molecule has 1 heterocycles. The van der Waals surface area contributed by atoms with E-state index in [1.165, 1.54) is 4.88 Å². The lowest BCUT2D eigenvalue weighted by Crippen LogP contribution is -2.34. The molecule has 0 aliphatic rings. The Balaban J connectivity index is 2.69. The summed E-state index contributed by atoms with van der Waals surface area (Å²) in [6, 6.07) is 4.86. The summed E-state index contributed by atoms with van der Waals surface area (Å²) in [7, 11) is 0. The number of terminal acetylenes is 1. The lowest BCUT2D eigenvalue weighted by molar-refractivity contribution is 0.385. The van der Waals surface area contributed by atoms with Crippen LogP contribution in [0.15, 0.2) is 17.5 Å². The Morgan fingerprint density at radius 2 is 2.25 bits per heavy atom. The molecule has 1 nitrogen and oxygen atoms in total. The van der Waals surface area contributed by atoms with Crippen molar-refractivity contribution in [1.82, 2.24) is 5.32 Å². The molecular weight excluding hydrogens is 214 g/mol. The Morgan fingerprint density at radius 3 is 2.69 bits per heavy atom. The molecule has 16 heavy (non-hydrogen) atoms. The second-order valence-corrected chi connectivity index (χ2v) is 5.39. The van der Waals surface area contributed by atoms with Crippen molar-refractivity contribution in [3.8, 4) is 12.3 Å². The van der Waals surface area contributed by atoms with E-state index < -0.39 is 0 Å². The van der Waals surface area contributed by atoms with Crippen LogP contribution in [-0.2, 0) is 0 Å². The minimum absolute atomic E-state index is 0.194. The van der Waals surface area contributed by atoms with Crippen molar-refractivity contribution in [2.24, 2.45) is 5.92 Å². The molecule has 1 aromatic rings. The van der Waals surface area contributed by atoms with Crippen LogP contribution in [0.4, 0.5) is 0 Å². The highest BCUT2D eigenvalue weighted by atomic mass is 32.1. The molecule has 0 saturated carbocycles. The first-order valence-electron chi connectivity index (χ1n) is 5.94. The van der Waals surface area contributed by atoms with Gasteiger partial charge in [0.05, 0.1) is 6.04 Å². The van der Waals surface area contributed by atoms with Crippen LogP contribution in [0.25, 0.3) is 0 Å². The third-order valence-corrected chi connectivity index (χ3v) is 3.63. The van der Waals surface area contributed by atoms with Crippen molar-refractivity contribution in [3.63, 3.8) is 0 Å². The van der Waals surface area contributed by atoms with Crippen molar-refractivity contribution in [3.05, 3.63) is 22.4 Å². The van der Waals surface area contributed by atoms with Crippen LogP contribution in [0.1, 0.15) is 44.5 Å². The number of hydrogen-bond donors (Lipinski definition) is 1. The number of thiophene rings is 1. The normalized spacial score (nSPS) is 14.7. The lowest BCUT2D eigenvalue weighted by atomic mass is 10.0. The van der Waals surface area contributed by atoms with Gasteiger partial charge in [-0.1, -0.05) is 39.2 Å². The van der Waals surface area contributed by atoms with Crippen molar-refractivity contribution in [2.75, 3.05) is 0 Å². The molecule has 0 aliphatic carbocycles. The standard InChI is InChI=1S/C14H21NS/c1-5-8-12(6-2)15-14(11(3)4)13-9-7-10-16-13/h2,7,9-12,14-15H,5,8H2,1,3-4H3. The van der Waals surface area contributed by atoms with Gasteiger partial charge in [-0.3, -0.25) is 5.32 Å². The topological polar surface area (TPSA) is 12.0 Å². The minimum Gasteiger partial charge on any atom is -0.296 e. The molecule has 0 amide bonds. The molecule has 0 spiro atoms. The number of rotatable bonds is 6. The highest BCUT2D eigenvalue weighted by Crippen LogP contribution is 2.26. The van der Waals surface area contributed by atoms with Gasteiger partial charge >= 0.3 is 0 Å². The molecule has 2 heteroatoms. The molecule has 2 unspecified atom stereocenters.